The Hall–Kier alpha value is -2.40. The minimum atomic E-state index is 0.100. The lowest BCUT2D eigenvalue weighted by Gasteiger charge is -2.20. The Bertz CT molecular complexity index is 733. The average molecular weight is 325 g/mol. The Morgan fingerprint density at radius 2 is 2.04 bits per heavy atom. The molecule has 3 aromatic rings. The van der Waals surface area contributed by atoms with E-state index in [1.54, 1.807) is 22.4 Å². The van der Waals surface area contributed by atoms with Crippen LogP contribution in [0.4, 0.5) is 5.82 Å². The van der Waals surface area contributed by atoms with E-state index in [2.05, 4.69) is 41.4 Å². The first-order chi connectivity index (χ1) is 11.2. The number of nitrogens with zero attached hydrogens (tertiary/aromatic N) is 2. The Balaban J connectivity index is 1.68. The van der Waals surface area contributed by atoms with Crippen LogP contribution in [0.3, 0.4) is 0 Å². The predicted octanol–water partition coefficient (Wildman–Crippen LogP) is 3.95. The van der Waals surface area contributed by atoms with Gasteiger partial charge >= 0.3 is 0 Å². The second kappa shape index (κ2) is 7.24. The van der Waals surface area contributed by atoms with Gasteiger partial charge in [-0.15, -0.1) is 11.3 Å². The van der Waals surface area contributed by atoms with Crippen molar-refractivity contribution in [3.05, 3.63) is 70.0 Å². The molecule has 2 heterocycles. The van der Waals surface area contributed by atoms with Crippen molar-refractivity contribution >= 4 is 23.1 Å². The maximum atomic E-state index is 12.7. The minimum absolute atomic E-state index is 0.100. The molecule has 0 bridgehead atoms. The van der Waals surface area contributed by atoms with Gasteiger partial charge in [-0.2, -0.15) is 5.10 Å². The number of carbonyl (C=O) groups is 1. The fraction of sp³-hybridized carbons (Fsp3) is 0.222. The number of H-pyrrole nitrogens is 1. The van der Waals surface area contributed by atoms with Crippen LogP contribution in [-0.2, 0) is 17.8 Å². The topological polar surface area (TPSA) is 49.0 Å². The molecule has 0 saturated heterocycles. The van der Waals surface area contributed by atoms with Gasteiger partial charge in [-0.25, -0.2) is 0 Å². The number of rotatable bonds is 6. The fourth-order valence-electron chi connectivity index (χ4n) is 2.41. The Kier molecular flexibility index (Phi) is 4.88. The highest BCUT2D eigenvalue weighted by Gasteiger charge is 2.17. The summed E-state index contributed by atoms with van der Waals surface area (Å²) in [5, 5.41) is 8.89. The van der Waals surface area contributed by atoms with Gasteiger partial charge in [-0.05, 0) is 30.4 Å². The summed E-state index contributed by atoms with van der Waals surface area (Å²) in [6, 6.07) is 14.2. The lowest BCUT2D eigenvalue weighted by molar-refractivity contribution is -0.118. The SMILES string of the molecule is Cc1ccc(CCC(=O)N(Cc2cccs2)c2ccn[nH]2)cc1. The number of thiophene rings is 1. The maximum Gasteiger partial charge on any atom is 0.228 e. The van der Waals surface area contributed by atoms with Gasteiger partial charge in [0.05, 0.1) is 12.7 Å². The van der Waals surface area contributed by atoms with Gasteiger partial charge in [0.2, 0.25) is 5.91 Å². The van der Waals surface area contributed by atoms with Crippen LogP contribution in [-0.4, -0.2) is 16.1 Å². The first-order valence-corrected chi connectivity index (χ1v) is 8.48. The van der Waals surface area contributed by atoms with Crippen LogP contribution >= 0.6 is 11.3 Å². The quantitative estimate of drug-likeness (QED) is 0.746. The van der Waals surface area contributed by atoms with Crippen molar-refractivity contribution < 1.29 is 4.79 Å². The molecule has 0 atom stereocenters. The molecule has 3 rings (SSSR count). The molecule has 0 aliphatic heterocycles. The highest BCUT2D eigenvalue weighted by Crippen LogP contribution is 2.19. The molecule has 0 fully saturated rings. The summed E-state index contributed by atoms with van der Waals surface area (Å²) in [7, 11) is 0. The number of aromatic nitrogens is 2. The second-order valence-electron chi connectivity index (χ2n) is 5.49. The van der Waals surface area contributed by atoms with Gasteiger partial charge in [0.1, 0.15) is 5.82 Å². The lowest BCUT2D eigenvalue weighted by Crippen LogP contribution is -2.30. The van der Waals surface area contributed by atoms with Gasteiger partial charge in [0.15, 0.2) is 0 Å². The first-order valence-electron chi connectivity index (χ1n) is 7.60. The van der Waals surface area contributed by atoms with Crippen LogP contribution < -0.4 is 4.90 Å². The summed E-state index contributed by atoms with van der Waals surface area (Å²) in [4.78, 5) is 15.6. The zero-order chi connectivity index (χ0) is 16.1. The first kappa shape index (κ1) is 15.5. The summed E-state index contributed by atoms with van der Waals surface area (Å²) in [5.41, 5.74) is 2.42. The van der Waals surface area contributed by atoms with E-state index < -0.39 is 0 Å². The van der Waals surface area contributed by atoms with Crippen molar-refractivity contribution in [1.29, 1.82) is 0 Å². The highest BCUT2D eigenvalue weighted by molar-refractivity contribution is 7.09. The molecule has 0 spiro atoms. The summed E-state index contributed by atoms with van der Waals surface area (Å²) in [5.74, 6) is 0.843. The molecule has 5 heteroatoms. The predicted molar refractivity (Wildman–Crippen MR) is 93.6 cm³/mol. The number of anilines is 1. The maximum absolute atomic E-state index is 12.7. The average Bonchev–Trinajstić information content (AvgIpc) is 3.25. The summed E-state index contributed by atoms with van der Waals surface area (Å²) < 4.78 is 0. The van der Waals surface area contributed by atoms with E-state index in [1.807, 2.05) is 23.6 Å². The van der Waals surface area contributed by atoms with Crippen LogP contribution in [0, 0.1) is 6.92 Å². The van der Waals surface area contributed by atoms with Gasteiger partial charge in [-0.1, -0.05) is 35.9 Å². The molecule has 2 aromatic heterocycles. The Labute approximate surface area is 139 Å². The number of carbonyl (C=O) groups excluding carboxylic acids is 1. The number of aryl methyl sites for hydroxylation is 2. The largest absolute Gasteiger partial charge is 0.292 e. The van der Waals surface area contributed by atoms with Crippen molar-refractivity contribution in [3.8, 4) is 0 Å². The van der Waals surface area contributed by atoms with E-state index in [1.165, 1.54) is 11.1 Å². The summed E-state index contributed by atoms with van der Waals surface area (Å²) in [6.07, 6.45) is 2.89. The number of nitrogens with one attached hydrogen (secondary N) is 1. The third-order valence-corrected chi connectivity index (χ3v) is 4.58. The van der Waals surface area contributed by atoms with E-state index in [4.69, 9.17) is 0 Å². The molecule has 0 radical (unpaired) electrons. The van der Waals surface area contributed by atoms with E-state index in [0.717, 1.165) is 17.1 Å². The Morgan fingerprint density at radius 3 is 2.70 bits per heavy atom. The normalized spacial score (nSPS) is 10.7. The molecule has 1 N–H and O–H groups in total. The molecule has 23 heavy (non-hydrogen) atoms. The third kappa shape index (κ3) is 4.07. The number of aromatic amines is 1. The molecule has 4 nitrogen and oxygen atoms in total. The number of amides is 1. The standard InChI is InChI=1S/C18H19N3OS/c1-14-4-6-15(7-5-14)8-9-18(22)21(17-10-11-19-20-17)13-16-3-2-12-23-16/h2-7,10-12H,8-9,13H2,1H3,(H,19,20). The van der Waals surface area contributed by atoms with Gasteiger partial charge in [0, 0.05) is 17.4 Å². The van der Waals surface area contributed by atoms with E-state index >= 15 is 0 Å². The van der Waals surface area contributed by atoms with Crippen LogP contribution in [0.25, 0.3) is 0 Å². The lowest BCUT2D eigenvalue weighted by atomic mass is 10.1. The van der Waals surface area contributed by atoms with Crippen molar-refractivity contribution in [2.75, 3.05) is 4.90 Å². The van der Waals surface area contributed by atoms with Gasteiger partial charge in [-0.3, -0.25) is 14.8 Å². The van der Waals surface area contributed by atoms with Crippen LogP contribution in [0.5, 0.6) is 0 Å². The molecule has 0 unspecified atom stereocenters. The van der Waals surface area contributed by atoms with Crippen LogP contribution in [0.2, 0.25) is 0 Å². The molecule has 1 aromatic carbocycles. The molecular formula is C18H19N3OS. The number of hydrogen-bond donors (Lipinski definition) is 1. The third-order valence-electron chi connectivity index (χ3n) is 3.72. The molecule has 0 aliphatic carbocycles. The van der Waals surface area contributed by atoms with Crippen LogP contribution in [0.1, 0.15) is 22.4 Å². The van der Waals surface area contributed by atoms with Crippen molar-refractivity contribution in [2.24, 2.45) is 0 Å². The molecule has 118 valence electrons. The zero-order valence-electron chi connectivity index (χ0n) is 13.0. The monoisotopic (exact) mass is 325 g/mol. The summed E-state index contributed by atoms with van der Waals surface area (Å²) in [6.45, 7) is 2.64. The van der Waals surface area contributed by atoms with Crippen LogP contribution in [0.15, 0.2) is 54.0 Å². The minimum Gasteiger partial charge on any atom is -0.292 e. The van der Waals surface area contributed by atoms with Crippen molar-refractivity contribution in [3.63, 3.8) is 0 Å². The van der Waals surface area contributed by atoms with Gasteiger partial charge < -0.3 is 0 Å². The van der Waals surface area contributed by atoms with Crippen molar-refractivity contribution in [1.82, 2.24) is 10.2 Å². The smallest absolute Gasteiger partial charge is 0.228 e. The highest BCUT2D eigenvalue weighted by atomic mass is 32.1. The van der Waals surface area contributed by atoms with E-state index in [0.29, 0.717) is 13.0 Å². The fourth-order valence-corrected chi connectivity index (χ4v) is 3.10. The Morgan fingerprint density at radius 1 is 1.22 bits per heavy atom. The molecule has 1 amide bonds. The second-order valence-corrected chi connectivity index (χ2v) is 6.52. The van der Waals surface area contributed by atoms with Gasteiger partial charge in [0.25, 0.3) is 0 Å². The molecular weight excluding hydrogens is 306 g/mol. The number of benzene rings is 1. The number of hydrogen-bond acceptors (Lipinski definition) is 3. The van der Waals surface area contributed by atoms with E-state index in [9.17, 15) is 4.79 Å². The zero-order valence-corrected chi connectivity index (χ0v) is 13.8. The molecule has 0 saturated carbocycles. The summed E-state index contributed by atoms with van der Waals surface area (Å²) >= 11 is 1.65. The van der Waals surface area contributed by atoms with Crippen molar-refractivity contribution in [2.45, 2.75) is 26.3 Å². The van der Waals surface area contributed by atoms with E-state index in [-0.39, 0.29) is 5.91 Å². The molecule has 0 aliphatic rings.